The number of hydrogen-bond donors (Lipinski definition) is 1. The number of fused-ring (bicyclic) bond motifs is 7. The predicted molar refractivity (Wildman–Crippen MR) is 113 cm³/mol. The molecule has 1 atom stereocenters. The lowest BCUT2D eigenvalue weighted by Crippen LogP contribution is -2.14. The van der Waals surface area contributed by atoms with Crippen molar-refractivity contribution >= 4 is 5.82 Å². The first kappa shape index (κ1) is 19.2. The van der Waals surface area contributed by atoms with Gasteiger partial charge in [-0.25, -0.2) is 19.0 Å². The summed E-state index contributed by atoms with van der Waals surface area (Å²) < 4.78 is 24.0. The first-order chi connectivity index (χ1) is 14.9. The highest BCUT2D eigenvalue weighted by Gasteiger charge is 2.24. The molecule has 0 aliphatic carbocycles. The fraction of sp³-hybridized carbons (Fsp3) is 0.273. The van der Waals surface area contributed by atoms with Crippen molar-refractivity contribution in [2.75, 3.05) is 5.73 Å². The summed E-state index contributed by atoms with van der Waals surface area (Å²) in [4.78, 5) is 8.99. The van der Waals surface area contributed by atoms with Gasteiger partial charge in [0, 0.05) is 35.9 Å². The second kappa shape index (κ2) is 7.19. The molecule has 0 amide bonds. The van der Waals surface area contributed by atoms with Crippen molar-refractivity contribution in [1.82, 2.24) is 29.5 Å². The van der Waals surface area contributed by atoms with Gasteiger partial charge in [-0.05, 0) is 45.0 Å². The number of ether oxygens (including phenoxy) is 1. The lowest BCUT2D eigenvalue weighted by atomic mass is 10.0. The maximum absolute atomic E-state index is 14.2. The van der Waals surface area contributed by atoms with E-state index in [2.05, 4.69) is 20.2 Å². The Kier molecular flexibility index (Phi) is 4.46. The van der Waals surface area contributed by atoms with Gasteiger partial charge in [0.1, 0.15) is 23.6 Å². The van der Waals surface area contributed by atoms with Gasteiger partial charge in [0.15, 0.2) is 11.6 Å². The van der Waals surface area contributed by atoms with E-state index in [9.17, 15) is 4.39 Å². The van der Waals surface area contributed by atoms with Crippen LogP contribution in [0.3, 0.4) is 0 Å². The number of aryl methyl sites for hydroxylation is 2. The van der Waals surface area contributed by atoms with Crippen LogP contribution in [0.1, 0.15) is 42.7 Å². The third-order valence-electron chi connectivity index (χ3n) is 5.46. The van der Waals surface area contributed by atoms with E-state index in [1.165, 1.54) is 12.1 Å². The Bertz CT molecular complexity index is 1290. The molecule has 0 unspecified atom stereocenters. The molecule has 0 radical (unpaired) electrons. The van der Waals surface area contributed by atoms with Crippen LogP contribution in [-0.2, 0) is 13.0 Å². The fourth-order valence-corrected chi connectivity index (χ4v) is 4.04. The summed E-state index contributed by atoms with van der Waals surface area (Å²) in [5.41, 5.74) is 10.2. The van der Waals surface area contributed by atoms with E-state index >= 15 is 0 Å². The van der Waals surface area contributed by atoms with Crippen LogP contribution in [0.25, 0.3) is 16.9 Å². The van der Waals surface area contributed by atoms with Crippen molar-refractivity contribution in [2.24, 2.45) is 0 Å². The summed E-state index contributed by atoms with van der Waals surface area (Å²) in [6.07, 6.45) is 3.55. The number of halogens is 1. The Morgan fingerprint density at radius 2 is 2.10 bits per heavy atom. The molecule has 1 aromatic carbocycles. The molecule has 158 valence electrons. The number of nitrogens with zero attached hydrogens (tertiary/aromatic N) is 6. The molecular formula is C22H22FN7O. The van der Waals surface area contributed by atoms with Gasteiger partial charge in [-0.1, -0.05) is 0 Å². The minimum atomic E-state index is -0.502. The van der Waals surface area contributed by atoms with Gasteiger partial charge in [0.25, 0.3) is 0 Å². The van der Waals surface area contributed by atoms with Gasteiger partial charge >= 0.3 is 0 Å². The molecule has 1 aliphatic rings. The minimum absolute atomic E-state index is 0.270. The number of benzene rings is 1. The topological polar surface area (TPSA) is 96.7 Å². The van der Waals surface area contributed by atoms with Gasteiger partial charge in [0.2, 0.25) is 0 Å². The van der Waals surface area contributed by atoms with Crippen LogP contribution in [-0.4, -0.2) is 29.5 Å². The zero-order valence-electron chi connectivity index (χ0n) is 17.5. The number of hydrogen-bond acceptors (Lipinski definition) is 6. The van der Waals surface area contributed by atoms with Crippen LogP contribution in [0.4, 0.5) is 10.2 Å². The van der Waals surface area contributed by atoms with E-state index in [4.69, 9.17) is 10.5 Å². The van der Waals surface area contributed by atoms with Gasteiger partial charge < -0.3 is 10.5 Å². The monoisotopic (exact) mass is 419 g/mol. The summed E-state index contributed by atoms with van der Waals surface area (Å²) in [6, 6.07) is 6.43. The van der Waals surface area contributed by atoms with Gasteiger partial charge in [-0.3, -0.25) is 4.68 Å². The molecule has 0 fully saturated rings. The SMILES string of the molecule is CCn1ncc2c1-c1cnc(N)c(c1)O[C@H](C)c1cc(F)ccc1-n1nc(C)nc1C2. The molecule has 3 aromatic heterocycles. The van der Waals surface area contributed by atoms with Gasteiger partial charge in [-0.15, -0.1) is 0 Å². The van der Waals surface area contributed by atoms with Crippen LogP contribution >= 0.6 is 0 Å². The largest absolute Gasteiger partial charge is 0.482 e. The molecule has 0 saturated heterocycles. The minimum Gasteiger partial charge on any atom is -0.482 e. The Labute approximate surface area is 178 Å². The molecule has 0 spiro atoms. The second-order valence-electron chi connectivity index (χ2n) is 7.57. The Morgan fingerprint density at radius 1 is 1.26 bits per heavy atom. The molecule has 5 rings (SSSR count). The Balaban J connectivity index is 1.81. The van der Waals surface area contributed by atoms with Crippen molar-refractivity contribution in [3.63, 3.8) is 0 Å². The average molecular weight is 419 g/mol. The van der Waals surface area contributed by atoms with E-state index in [-0.39, 0.29) is 11.6 Å². The zero-order valence-corrected chi connectivity index (χ0v) is 17.5. The quantitative estimate of drug-likeness (QED) is 0.506. The highest BCUT2D eigenvalue weighted by atomic mass is 19.1. The number of nitrogen functional groups attached to an aromatic ring is 1. The van der Waals surface area contributed by atoms with Crippen LogP contribution in [0.2, 0.25) is 0 Å². The summed E-state index contributed by atoms with van der Waals surface area (Å²) in [5.74, 6) is 1.71. The Hall–Kier alpha value is -3.75. The summed E-state index contributed by atoms with van der Waals surface area (Å²) in [5, 5.41) is 9.14. The number of rotatable bonds is 1. The summed E-state index contributed by atoms with van der Waals surface area (Å²) >= 11 is 0. The smallest absolute Gasteiger partial charge is 0.166 e. The Morgan fingerprint density at radius 3 is 2.90 bits per heavy atom. The van der Waals surface area contributed by atoms with Crippen LogP contribution < -0.4 is 10.5 Å². The number of aromatic nitrogens is 6. The standard InChI is InChI=1S/C22H22FN7O/c1-4-29-21-14-7-19(22(24)25-10-14)31-12(2)17-9-16(23)5-6-18(17)30-20(27-13(3)28-30)8-15(21)11-26-29/h5-7,9-12H,4,8H2,1-3H3,(H2,24,25)/t12-/m1/s1. The third kappa shape index (κ3) is 3.22. The molecule has 4 aromatic rings. The molecule has 2 bridgehead atoms. The van der Waals surface area contributed by atoms with Crippen molar-refractivity contribution in [3.05, 3.63) is 65.3 Å². The lowest BCUT2D eigenvalue weighted by Gasteiger charge is -2.21. The molecule has 9 heteroatoms. The van der Waals surface area contributed by atoms with Crippen molar-refractivity contribution < 1.29 is 9.13 Å². The summed E-state index contributed by atoms with van der Waals surface area (Å²) in [7, 11) is 0. The normalized spacial score (nSPS) is 15.2. The maximum Gasteiger partial charge on any atom is 0.166 e. The molecule has 8 nitrogen and oxygen atoms in total. The van der Waals surface area contributed by atoms with Crippen molar-refractivity contribution in [3.8, 4) is 22.7 Å². The van der Waals surface area contributed by atoms with E-state index in [1.54, 1.807) is 16.9 Å². The van der Waals surface area contributed by atoms with Crippen molar-refractivity contribution in [2.45, 2.75) is 39.8 Å². The van der Waals surface area contributed by atoms with E-state index in [0.717, 1.165) is 22.6 Å². The van der Waals surface area contributed by atoms with Crippen LogP contribution in [0.15, 0.2) is 36.7 Å². The molecule has 31 heavy (non-hydrogen) atoms. The van der Waals surface area contributed by atoms with Gasteiger partial charge in [-0.2, -0.15) is 10.2 Å². The molecular weight excluding hydrogens is 397 g/mol. The lowest BCUT2D eigenvalue weighted by molar-refractivity contribution is 0.226. The molecule has 0 saturated carbocycles. The van der Waals surface area contributed by atoms with Crippen molar-refractivity contribution in [1.29, 1.82) is 0 Å². The molecule has 4 heterocycles. The number of nitrogens with two attached hydrogens (primary N) is 1. The highest BCUT2D eigenvalue weighted by molar-refractivity contribution is 5.67. The summed E-state index contributed by atoms with van der Waals surface area (Å²) in [6.45, 7) is 6.41. The third-order valence-corrected chi connectivity index (χ3v) is 5.46. The number of pyridine rings is 1. The number of anilines is 1. The van der Waals surface area contributed by atoms with Gasteiger partial charge in [0.05, 0.1) is 17.6 Å². The highest BCUT2D eigenvalue weighted by Crippen LogP contribution is 2.35. The van der Waals surface area contributed by atoms with Crippen LogP contribution in [0.5, 0.6) is 5.75 Å². The van der Waals surface area contributed by atoms with Crippen LogP contribution in [0, 0.1) is 12.7 Å². The fourth-order valence-electron chi connectivity index (χ4n) is 4.04. The first-order valence-corrected chi connectivity index (χ1v) is 10.1. The molecule has 1 aliphatic heterocycles. The maximum atomic E-state index is 14.2. The second-order valence-corrected chi connectivity index (χ2v) is 7.57. The zero-order chi connectivity index (χ0) is 21.7. The van der Waals surface area contributed by atoms with E-state index in [1.807, 2.05) is 37.7 Å². The van der Waals surface area contributed by atoms with E-state index < -0.39 is 6.10 Å². The average Bonchev–Trinajstić information content (AvgIpc) is 3.32. The first-order valence-electron chi connectivity index (χ1n) is 10.1. The van der Waals surface area contributed by atoms with E-state index in [0.29, 0.717) is 35.8 Å². The predicted octanol–water partition coefficient (Wildman–Crippen LogP) is 3.62. The molecule has 2 N–H and O–H groups in total.